The van der Waals surface area contributed by atoms with Gasteiger partial charge in [0.2, 0.25) is 0 Å². The monoisotopic (exact) mass is 344 g/mol. The molecule has 0 atom stereocenters. The standard InChI is InChI=1S/C14H11BrF2OS/c1-2-3-12(18)14-5-4-13(19-14)8-6-9(15)11(17)7-10(8)16/h4-7H,2-3H2,1H3. The summed E-state index contributed by atoms with van der Waals surface area (Å²) in [5.41, 5.74) is 0.300. The molecule has 0 aliphatic carbocycles. The van der Waals surface area contributed by atoms with E-state index in [2.05, 4.69) is 15.9 Å². The summed E-state index contributed by atoms with van der Waals surface area (Å²) in [4.78, 5) is 13.0. The SMILES string of the molecule is CCCC(=O)c1ccc(-c2cc(Br)c(F)cc2F)s1. The van der Waals surface area contributed by atoms with Crippen LogP contribution >= 0.6 is 27.3 Å². The quantitative estimate of drug-likeness (QED) is 0.533. The van der Waals surface area contributed by atoms with Gasteiger partial charge < -0.3 is 0 Å². The predicted octanol–water partition coefficient (Wildman–Crippen LogP) is 5.44. The van der Waals surface area contributed by atoms with E-state index in [-0.39, 0.29) is 10.3 Å². The Labute approximate surface area is 122 Å². The molecule has 19 heavy (non-hydrogen) atoms. The Morgan fingerprint density at radius 2 is 2.00 bits per heavy atom. The number of rotatable bonds is 4. The molecule has 0 amide bonds. The zero-order valence-corrected chi connectivity index (χ0v) is 12.6. The Morgan fingerprint density at radius 1 is 1.26 bits per heavy atom. The van der Waals surface area contributed by atoms with Gasteiger partial charge in [-0.15, -0.1) is 11.3 Å². The van der Waals surface area contributed by atoms with Crippen LogP contribution in [0.15, 0.2) is 28.7 Å². The first kappa shape index (κ1) is 14.3. The average Bonchev–Trinajstić information content (AvgIpc) is 2.83. The van der Waals surface area contributed by atoms with Crippen molar-refractivity contribution < 1.29 is 13.6 Å². The summed E-state index contributed by atoms with van der Waals surface area (Å²) >= 11 is 4.26. The molecule has 0 spiro atoms. The normalized spacial score (nSPS) is 10.7. The Bertz CT molecular complexity index is 622. The molecule has 0 aliphatic heterocycles. The van der Waals surface area contributed by atoms with Crippen molar-refractivity contribution in [3.05, 3.63) is 45.2 Å². The summed E-state index contributed by atoms with van der Waals surface area (Å²) in [6.07, 6.45) is 1.26. The Morgan fingerprint density at radius 3 is 2.68 bits per heavy atom. The number of carbonyl (C=O) groups excluding carboxylic acids is 1. The van der Waals surface area contributed by atoms with Crippen molar-refractivity contribution in [2.24, 2.45) is 0 Å². The van der Waals surface area contributed by atoms with Gasteiger partial charge in [-0.1, -0.05) is 6.92 Å². The topological polar surface area (TPSA) is 17.1 Å². The minimum Gasteiger partial charge on any atom is -0.293 e. The molecule has 0 aliphatic rings. The highest BCUT2D eigenvalue weighted by Gasteiger charge is 2.14. The number of hydrogen-bond donors (Lipinski definition) is 0. The van der Waals surface area contributed by atoms with Gasteiger partial charge in [-0.25, -0.2) is 8.78 Å². The van der Waals surface area contributed by atoms with Crippen molar-refractivity contribution in [2.45, 2.75) is 19.8 Å². The Hall–Kier alpha value is -1.07. The fourth-order valence-electron chi connectivity index (χ4n) is 1.69. The van der Waals surface area contributed by atoms with Gasteiger partial charge in [-0.05, 0) is 40.5 Å². The van der Waals surface area contributed by atoms with E-state index in [1.54, 1.807) is 12.1 Å². The summed E-state index contributed by atoms with van der Waals surface area (Å²) in [5.74, 6) is -1.21. The maximum Gasteiger partial charge on any atom is 0.172 e. The van der Waals surface area contributed by atoms with Crippen molar-refractivity contribution in [3.63, 3.8) is 0 Å². The Kier molecular flexibility index (Phi) is 4.47. The lowest BCUT2D eigenvalue weighted by molar-refractivity contribution is 0.0985. The van der Waals surface area contributed by atoms with Gasteiger partial charge >= 0.3 is 0 Å². The number of thiophene rings is 1. The zero-order valence-electron chi connectivity index (χ0n) is 10.2. The third-order valence-corrected chi connectivity index (χ3v) is 4.40. The van der Waals surface area contributed by atoms with Gasteiger partial charge in [0.15, 0.2) is 5.78 Å². The number of Topliss-reactive ketones (excluding diaryl/α,β-unsaturated/α-hetero) is 1. The van der Waals surface area contributed by atoms with Gasteiger partial charge in [0.05, 0.1) is 9.35 Å². The van der Waals surface area contributed by atoms with Crippen molar-refractivity contribution in [3.8, 4) is 10.4 Å². The molecule has 1 aromatic carbocycles. The number of benzene rings is 1. The van der Waals surface area contributed by atoms with Crippen LogP contribution in [-0.4, -0.2) is 5.78 Å². The first-order chi connectivity index (χ1) is 9.02. The molecule has 0 fully saturated rings. The van der Waals surface area contributed by atoms with E-state index in [0.717, 1.165) is 12.5 Å². The van der Waals surface area contributed by atoms with Gasteiger partial charge in [0, 0.05) is 22.9 Å². The van der Waals surface area contributed by atoms with Crippen molar-refractivity contribution >= 4 is 33.0 Å². The van der Waals surface area contributed by atoms with Crippen LogP contribution in [-0.2, 0) is 0 Å². The maximum absolute atomic E-state index is 13.7. The van der Waals surface area contributed by atoms with Gasteiger partial charge in [0.1, 0.15) is 11.6 Å². The van der Waals surface area contributed by atoms with Crippen LogP contribution in [0.3, 0.4) is 0 Å². The third kappa shape index (κ3) is 3.09. The predicted molar refractivity (Wildman–Crippen MR) is 76.6 cm³/mol. The first-order valence-corrected chi connectivity index (χ1v) is 7.41. The smallest absolute Gasteiger partial charge is 0.172 e. The van der Waals surface area contributed by atoms with Gasteiger partial charge in [-0.3, -0.25) is 4.79 Å². The van der Waals surface area contributed by atoms with Gasteiger partial charge in [-0.2, -0.15) is 0 Å². The first-order valence-electron chi connectivity index (χ1n) is 5.81. The third-order valence-electron chi connectivity index (χ3n) is 2.63. The fourth-order valence-corrected chi connectivity index (χ4v) is 3.03. The molecular weight excluding hydrogens is 334 g/mol. The second-order valence-electron chi connectivity index (χ2n) is 4.08. The summed E-state index contributed by atoms with van der Waals surface area (Å²) in [5, 5.41) is 0. The number of carbonyl (C=O) groups is 1. The summed E-state index contributed by atoms with van der Waals surface area (Å²) in [7, 11) is 0. The second kappa shape index (κ2) is 5.92. The molecule has 1 nitrogen and oxygen atoms in total. The molecule has 2 aromatic rings. The largest absolute Gasteiger partial charge is 0.293 e. The molecule has 1 aromatic heterocycles. The maximum atomic E-state index is 13.7. The van der Waals surface area contributed by atoms with E-state index < -0.39 is 11.6 Å². The van der Waals surface area contributed by atoms with E-state index >= 15 is 0 Å². The molecule has 0 radical (unpaired) electrons. The van der Waals surface area contributed by atoms with E-state index in [9.17, 15) is 13.6 Å². The van der Waals surface area contributed by atoms with Crippen LogP contribution in [0.2, 0.25) is 0 Å². The van der Waals surface area contributed by atoms with Crippen LogP contribution in [0.25, 0.3) is 10.4 Å². The summed E-state index contributed by atoms with van der Waals surface area (Å²) < 4.78 is 27.1. The molecule has 1 heterocycles. The summed E-state index contributed by atoms with van der Waals surface area (Å²) in [6.45, 7) is 1.93. The molecule has 0 saturated heterocycles. The van der Waals surface area contributed by atoms with Crippen molar-refractivity contribution in [2.75, 3.05) is 0 Å². The second-order valence-corrected chi connectivity index (χ2v) is 6.02. The molecule has 0 unspecified atom stereocenters. The molecule has 2 rings (SSSR count). The van der Waals surface area contributed by atoms with E-state index in [1.807, 2.05) is 6.92 Å². The highest BCUT2D eigenvalue weighted by atomic mass is 79.9. The highest BCUT2D eigenvalue weighted by molar-refractivity contribution is 9.10. The van der Waals surface area contributed by atoms with Crippen LogP contribution in [0.4, 0.5) is 8.78 Å². The molecule has 0 saturated carbocycles. The highest BCUT2D eigenvalue weighted by Crippen LogP contribution is 2.33. The fraction of sp³-hybridized carbons (Fsp3) is 0.214. The molecule has 5 heteroatoms. The minimum absolute atomic E-state index is 0.0559. The van der Waals surface area contributed by atoms with Crippen LogP contribution < -0.4 is 0 Å². The van der Waals surface area contributed by atoms with Gasteiger partial charge in [0.25, 0.3) is 0 Å². The zero-order chi connectivity index (χ0) is 14.0. The molecule has 100 valence electrons. The molecular formula is C14H11BrF2OS. The number of halogens is 3. The van der Waals surface area contributed by atoms with Crippen molar-refractivity contribution in [1.82, 2.24) is 0 Å². The average molecular weight is 345 g/mol. The lowest BCUT2D eigenvalue weighted by Crippen LogP contribution is -1.93. The van der Waals surface area contributed by atoms with Crippen LogP contribution in [0.1, 0.15) is 29.4 Å². The molecule has 0 bridgehead atoms. The number of ketones is 1. The molecule has 0 N–H and O–H groups in total. The van der Waals surface area contributed by atoms with Crippen molar-refractivity contribution in [1.29, 1.82) is 0 Å². The van der Waals surface area contributed by atoms with E-state index in [1.165, 1.54) is 17.4 Å². The lowest BCUT2D eigenvalue weighted by atomic mass is 10.1. The number of hydrogen-bond acceptors (Lipinski definition) is 2. The summed E-state index contributed by atoms with van der Waals surface area (Å²) in [6, 6.07) is 5.61. The van der Waals surface area contributed by atoms with Crippen LogP contribution in [0, 0.1) is 11.6 Å². The van der Waals surface area contributed by atoms with E-state index in [0.29, 0.717) is 21.7 Å². The minimum atomic E-state index is -0.639. The lowest BCUT2D eigenvalue weighted by Gasteiger charge is -2.02. The van der Waals surface area contributed by atoms with E-state index in [4.69, 9.17) is 0 Å². The van der Waals surface area contributed by atoms with Crippen LogP contribution in [0.5, 0.6) is 0 Å². The Balaban J connectivity index is 2.38.